The molecule has 1 aliphatic rings. The molecule has 1 N–H and O–H groups in total. The zero-order chi connectivity index (χ0) is 20.8. The highest BCUT2D eigenvalue weighted by Crippen LogP contribution is 2.28. The van der Waals surface area contributed by atoms with Crippen LogP contribution < -0.4 is 10.2 Å². The van der Waals surface area contributed by atoms with Crippen molar-refractivity contribution in [2.45, 2.75) is 51.1 Å². The summed E-state index contributed by atoms with van der Waals surface area (Å²) in [6, 6.07) is 20.7. The zero-order valence-corrected chi connectivity index (χ0v) is 18.1. The first-order valence-corrected chi connectivity index (χ1v) is 11.4. The summed E-state index contributed by atoms with van der Waals surface area (Å²) in [5, 5.41) is 4.07. The number of nitrogens with zero attached hydrogens (tertiary/aromatic N) is 3. The van der Waals surface area contributed by atoms with Gasteiger partial charge in [-0.25, -0.2) is 4.98 Å². The Morgan fingerprint density at radius 3 is 2.57 bits per heavy atom. The maximum atomic E-state index is 13.0. The van der Waals surface area contributed by atoms with Crippen LogP contribution in [0.15, 0.2) is 60.7 Å². The number of nitrogens with one attached hydrogen (secondary N) is 1. The van der Waals surface area contributed by atoms with Gasteiger partial charge in [0.1, 0.15) is 11.9 Å². The Balaban J connectivity index is 1.33. The molecule has 30 heavy (non-hydrogen) atoms. The van der Waals surface area contributed by atoms with Crippen LogP contribution in [0.3, 0.4) is 0 Å². The van der Waals surface area contributed by atoms with Crippen molar-refractivity contribution in [3.8, 4) is 0 Å². The van der Waals surface area contributed by atoms with E-state index in [0.717, 1.165) is 49.6 Å². The number of hydrogen-bond donors (Lipinski definition) is 1. The molecule has 0 aliphatic carbocycles. The molecular formula is C24H28N4OS. The van der Waals surface area contributed by atoms with Crippen molar-refractivity contribution >= 4 is 22.6 Å². The van der Waals surface area contributed by atoms with Crippen molar-refractivity contribution in [1.29, 1.82) is 0 Å². The third-order valence-electron chi connectivity index (χ3n) is 5.56. The van der Waals surface area contributed by atoms with Gasteiger partial charge in [0.05, 0.1) is 0 Å². The lowest BCUT2D eigenvalue weighted by atomic mass is 10.1. The van der Waals surface area contributed by atoms with Gasteiger partial charge in [0, 0.05) is 30.5 Å². The molecule has 2 unspecified atom stereocenters. The summed E-state index contributed by atoms with van der Waals surface area (Å²) in [6.45, 7) is 2.94. The Labute approximate surface area is 182 Å². The molecule has 2 atom stereocenters. The van der Waals surface area contributed by atoms with Crippen molar-refractivity contribution in [3.63, 3.8) is 0 Å². The summed E-state index contributed by atoms with van der Waals surface area (Å²) in [5.41, 5.74) is 2.51. The summed E-state index contributed by atoms with van der Waals surface area (Å²) < 4.78 is 4.53. The number of aromatic nitrogens is 2. The highest BCUT2D eigenvalue weighted by atomic mass is 32.1. The average molecular weight is 421 g/mol. The number of carbonyl (C=O) groups excluding carboxylic acids is 1. The summed E-state index contributed by atoms with van der Waals surface area (Å²) >= 11 is 1.40. The van der Waals surface area contributed by atoms with Crippen molar-refractivity contribution < 1.29 is 4.79 Å². The lowest BCUT2D eigenvalue weighted by Gasteiger charge is -2.24. The molecule has 156 valence electrons. The molecule has 0 radical (unpaired) electrons. The molecule has 1 aliphatic heterocycles. The summed E-state index contributed by atoms with van der Waals surface area (Å²) in [4.78, 5) is 19.8. The highest BCUT2D eigenvalue weighted by Gasteiger charge is 2.33. The molecular weight excluding hydrogens is 392 g/mol. The molecule has 2 heterocycles. The Morgan fingerprint density at radius 2 is 1.83 bits per heavy atom. The van der Waals surface area contributed by atoms with Crippen LogP contribution in [-0.2, 0) is 17.6 Å². The lowest BCUT2D eigenvalue weighted by Crippen LogP contribution is -2.46. The molecule has 0 bridgehead atoms. The van der Waals surface area contributed by atoms with E-state index in [4.69, 9.17) is 4.98 Å². The average Bonchev–Trinajstić information content (AvgIpc) is 3.43. The fourth-order valence-electron chi connectivity index (χ4n) is 3.92. The van der Waals surface area contributed by atoms with Crippen LogP contribution >= 0.6 is 11.5 Å². The van der Waals surface area contributed by atoms with E-state index in [2.05, 4.69) is 57.9 Å². The summed E-state index contributed by atoms with van der Waals surface area (Å²) in [5.74, 6) is 0.927. The highest BCUT2D eigenvalue weighted by molar-refractivity contribution is 7.09. The maximum absolute atomic E-state index is 13.0. The van der Waals surface area contributed by atoms with Gasteiger partial charge >= 0.3 is 0 Å². The molecule has 1 aromatic heterocycles. The van der Waals surface area contributed by atoms with Crippen LogP contribution in [0.4, 0.5) is 5.13 Å². The van der Waals surface area contributed by atoms with E-state index in [1.807, 2.05) is 24.3 Å². The van der Waals surface area contributed by atoms with Crippen LogP contribution in [-0.4, -0.2) is 33.9 Å². The number of benzene rings is 2. The predicted octanol–water partition coefficient (Wildman–Crippen LogP) is 4.24. The SMILES string of the molecule is CC(CCc1ccccc1)NC(=O)C1CCCN1c1nc(Cc2ccccc2)ns1. The molecule has 1 fully saturated rings. The molecule has 1 amide bonds. The van der Waals surface area contributed by atoms with Gasteiger partial charge in [0.15, 0.2) is 0 Å². The first-order chi connectivity index (χ1) is 14.7. The van der Waals surface area contributed by atoms with E-state index in [0.29, 0.717) is 0 Å². The molecule has 0 spiro atoms. The molecule has 1 saturated heterocycles. The van der Waals surface area contributed by atoms with Gasteiger partial charge in [-0.3, -0.25) is 4.79 Å². The van der Waals surface area contributed by atoms with Crippen LogP contribution in [0.5, 0.6) is 0 Å². The number of aryl methyl sites for hydroxylation is 1. The number of rotatable bonds is 8. The number of anilines is 1. The lowest BCUT2D eigenvalue weighted by molar-refractivity contribution is -0.122. The van der Waals surface area contributed by atoms with Gasteiger partial charge in [-0.1, -0.05) is 60.7 Å². The fraction of sp³-hybridized carbons (Fsp3) is 0.375. The Morgan fingerprint density at radius 1 is 1.13 bits per heavy atom. The monoisotopic (exact) mass is 420 g/mol. The van der Waals surface area contributed by atoms with E-state index in [1.54, 1.807) is 0 Å². The fourth-order valence-corrected chi connectivity index (χ4v) is 4.68. The molecule has 6 heteroatoms. The van der Waals surface area contributed by atoms with E-state index in [1.165, 1.54) is 22.7 Å². The van der Waals surface area contributed by atoms with Gasteiger partial charge in [-0.05, 0) is 43.7 Å². The number of amides is 1. The van der Waals surface area contributed by atoms with Crippen molar-refractivity contribution in [2.75, 3.05) is 11.4 Å². The minimum absolute atomic E-state index is 0.105. The van der Waals surface area contributed by atoms with Crippen LogP contribution in [0.25, 0.3) is 0 Å². The largest absolute Gasteiger partial charge is 0.352 e. The molecule has 5 nitrogen and oxygen atoms in total. The quantitative estimate of drug-likeness (QED) is 0.592. The summed E-state index contributed by atoms with van der Waals surface area (Å²) in [6.07, 6.45) is 4.49. The van der Waals surface area contributed by atoms with E-state index >= 15 is 0 Å². The molecule has 3 aromatic rings. The van der Waals surface area contributed by atoms with Crippen molar-refractivity contribution in [2.24, 2.45) is 0 Å². The normalized spacial score (nSPS) is 17.1. The first kappa shape index (κ1) is 20.5. The Kier molecular flexibility index (Phi) is 6.74. The van der Waals surface area contributed by atoms with Gasteiger partial charge < -0.3 is 10.2 Å². The summed E-state index contributed by atoms with van der Waals surface area (Å²) in [7, 11) is 0. The van der Waals surface area contributed by atoms with Crippen LogP contribution in [0.1, 0.15) is 43.1 Å². The zero-order valence-electron chi connectivity index (χ0n) is 17.3. The second-order valence-corrected chi connectivity index (χ2v) is 8.67. The van der Waals surface area contributed by atoms with Crippen LogP contribution in [0, 0.1) is 0 Å². The number of carbonyl (C=O) groups is 1. The minimum Gasteiger partial charge on any atom is -0.352 e. The van der Waals surface area contributed by atoms with Crippen molar-refractivity contribution in [3.05, 3.63) is 77.6 Å². The maximum Gasteiger partial charge on any atom is 0.242 e. The Hall–Kier alpha value is -2.73. The predicted molar refractivity (Wildman–Crippen MR) is 122 cm³/mol. The molecule has 0 saturated carbocycles. The third-order valence-corrected chi connectivity index (χ3v) is 6.35. The standard InChI is InChI=1S/C24H28N4OS/c1-18(14-15-19-9-4-2-5-10-19)25-23(29)21-13-8-16-28(21)24-26-22(27-30-24)17-20-11-6-3-7-12-20/h2-7,9-12,18,21H,8,13-17H2,1H3,(H,25,29). The van der Waals surface area contributed by atoms with E-state index < -0.39 is 0 Å². The second kappa shape index (κ2) is 9.85. The first-order valence-electron chi connectivity index (χ1n) is 10.7. The Bertz CT molecular complexity index is 944. The minimum atomic E-state index is -0.151. The van der Waals surface area contributed by atoms with E-state index in [-0.39, 0.29) is 18.0 Å². The van der Waals surface area contributed by atoms with Crippen LogP contribution in [0.2, 0.25) is 0 Å². The molecule has 4 rings (SSSR count). The molecule has 2 aromatic carbocycles. The second-order valence-electron chi connectivity index (χ2n) is 7.94. The van der Waals surface area contributed by atoms with Gasteiger partial charge in [-0.15, -0.1) is 0 Å². The topological polar surface area (TPSA) is 58.1 Å². The van der Waals surface area contributed by atoms with Gasteiger partial charge in [0.2, 0.25) is 11.0 Å². The van der Waals surface area contributed by atoms with Gasteiger partial charge in [0.25, 0.3) is 0 Å². The van der Waals surface area contributed by atoms with Gasteiger partial charge in [-0.2, -0.15) is 4.37 Å². The smallest absolute Gasteiger partial charge is 0.242 e. The van der Waals surface area contributed by atoms with Crippen molar-refractivity contribution in [1.82, 2.24) is 14.7 Å². The third kappa shape index (κ3) is 5.25. The van der Waals surface area contributed by atoms with E-state index in [9.17, 15) is 4.79 Å². The number of hydrogen-bond acceptors (Lipinski definition) is 5.